The minimum Gasteiger partial charge on any atom is -0.491 e. The quantitative estimate of drug-likeness (QED) is 0.838. The lowest BCUT2D eigenvalue weighted by atomic mass is 9.88. The molecule has 0 aromatic heterocycles. The summed E-state index contributed by atoms with van der Waals surface area (Å²) in [4.78, 5) is 11.0. The summed E-state index contributed by atoms with van der Waals surface area (Å²) in [7, 11) is 0. The fraction of sp³-hybridized carbons (Fsp3) is 0.429. The Labute approximate surface area is 107 Å². The molecule has 1 N–H and O–H groups in total. The molecule has 18 heavy (non-hydrogen) atoms. The van der Waals surface area contributed by atoms with E-state index >= 15 is 0 Å². The summed E-state index contributed by atoms with van der Waals surface area (Å²) in [5.74, 6) is -0.720. The first-order chi connectivity index (χ1) is 8.52. The third-order valence-electron chi connectivity index (χ3n) is 2.74. The third kappa shape index (κ3) is 3.49. The number of nitrogens with zero attached hydrogens (tertiary/aromatic N) is 1. The standard InChI is InChI=1S/C14H17NO3/c1-3-8-14(2,9-15)10-18-12-7-5-4-6-11(12)13(16)17/h4-7H,3,8,10H2,1-2H3,(H,16,17). The van der Waals surface area contributed by atoms with E-state index in [4.69, 9.17) is 15.1 Å². The maximum Gasteiger partial charge on any atom is 0.339 e. The zero-order valence-electron chi connectivity index (χ0n) is 10.6. The lowest BCUT2D eigenvalue weighted by molar-refractivity contribution is 0.0690. The van der Waals surface area contributed by atoms with Crippen LogP contribution in [0.15, 0.2) is 24.3 Å². The van der Waals surface area contributed by atoms with E-state index in [1.165, 1.54) is 6.07 Å². The van der Waals surface area contributed by atoms with E-state index in [0.29, 0.717) is 5.75 Å². The Balaban J connectivity index is 2.81. The molecule has 0 spiro atoms. The van der Waals surface area contributed by atoms with Crippen molar-refractivity contribution in [3.05, 3.63) is 29.8 Å². The van der Waals surface area contributed by atoms with Crippen molar-refractivity contribution in [3.63, 3.8) is 0 Å². The highest BCUT2D eigenvalue weighted by Crippen LogP contribution is 2.25. The van der Waals surface area contributed by atoms with Crippen LogP contribution in [0, 0.1) is 16.7 Å². The van der Waals surface area contributed by atoms with Crippen LogP contribution in [0.25, 0.3) is 0 Å². The van der Waals surface area contributed by atoms with E-state index in [2.05, 4.69) is 6.07 Å². The van der Waals surface area contributed by atoms with Crippen LogP contribution >= 0.6 is 0 Å². The van der Waals surface area contributed by atoms with Crippen LogP contribution in [0.2, 0.25) is 0 Å². The van der Waals surface area contributed by atoms with Gasteiger partial charge in [-0.25, -0.2) is 4.79 Å². The summed E-state index contributed by atoms with van der Waals surface area (Å²) in [6.45, 7) is 4.02. The van der Waals surface area contributed by atoms with Gasteiger partial charge in [-0.05, 0) is 25.5 Å². The van der Waals surface area contributed by atoms with E-state index in [1.807, 2.05) is 13.8 Å². The molecule has 0 saturated heterocycles. The van der Waals surface area contributed by atoms with Crippen LogP contribution in [0.4, 0.5) is 0 Å². The van der Waals surface area contributed by atoms with Crippen molar-refractivity contribution < 1.29 is 14.6 Å². The SMILES string of the molecule is CCCC(C)(C#N)COc1ccccc1C(=O)O. The largest absolute Gasteiger partial charge is 0.491 e. The third-order valence-corrected chi connectivity index (χ3v) is 2.74. The average Bonchev–Trinajstić information content (AvgIpc) is 2.37. The van der Waals surface area contributed by atoms with Crippen LogP contribution < -0.4 is 4.74 Å². The molecular formula is C14H17NO3. The van der Waals surface area contributed by atoms with Crippen LogP contribution in [0.5, 0.6) is 5.75 Å². The molecule has 1 unspecified atom stereocenters. The van der Waals surface area contributed by atoms with Gasteiger partial charge in [0.05, 0.1) is 11.5 Å². The molecule has 0 aliphatic heterocycles. The molecule has 0 aliphatic rings. The van der Waals surface area contributed by atoms with Gasteiger partial charge in [-0.1, -0.05) is 25.5 Å². The van der Waals surface area contributed by atoms with Gasteiger partial charge in [0.1, 0.15) is 17.9 Å². The van der Waals surface area contributed by atoms with Crippen LogP contribution in [-0.4, -0.2) is 17.7 Å². The van der Waals surface area contributed by atoms with Gasteiger partial charge in [-0.15, -0.1) is 0 Å². The number of rotatable bonds is 6. The van der Waals surface area contributed by atoms with Gasteiger partial charge >= 0.3 is 5.97 Å². The first-order valence-corrected chi connectivity index (χ1v) is 5.89. The van der Waals surface area contributed by atoms with Gasteiger partial charge in [0.15, 0.2) is 0 Å². The first-order valence-electron chi connectivity index (χ1n) is 5.89. The van der Waals surface area contributed by atoms with Gasteiger partial charge in [-0.2, -0.15) is 5.26 Å². The van der Waals surface area contributed by atoms with Crippen LogP contribution in [-0.2, 0) is 0 Å². The molecule has 0 fully saturated rings. The number of hydrogen-bond acceptors (Lipinski definition) is 3. The number of carboxylic acid groups (broad SMARTS) is 1. The van der Waals surface area contributed by atoms with Crippen molar-refractivity contribution in [1.29, 1.82) is 5.26 Å². The predicted molar refractivity (Wildman–Crippen MR) is 67.5 cm³/mol. The fourth-order valence-corrected chi connectivity index (χ4v) is 1.72. The predicted octanol–water partition coefficient (Wildman–Crippen LogP) is 3.09. The summed E-state index contributed by atoms with van der Waals surface area (Å²) in [6, 6.07) is 8.68. The summed E-state index contributed by atoms with van der Waals surface area (Å²) in [6.07, 6.45) is 1.60. The molecular weight excluding hydrogens is 230 g/mol. The molecule has 4 nitrogen and oxygen atoms in total. The van der Waals surface area contributed by atoms with Crippen molar-refractivity contribution in [1.82, 2.24) is 0 Å². The molecule has 1 aromatic carbocycles. The first kappa shape index (κ1) is 14.0. The lowest BCUT2D eigenvalue weighted by Gasteiger charge is -2.21. The normalized spacial score (nSPS) is 13.4. The average molecular weight is 247 g/mol. The maximum atomic E-state index is 11.0. The number of ether oxygens (including phenoxy) is 1. The van der Waals surface area contributed by atoms with E-state index in [-0.39, 0.29) is 12.2 Å². The number of hydrogen-bond donors (Lipinski definition) is 1. The van der Waals surface area contributed by atoms with Crippen molar-refractivity contribution in [3.8, 4) is 11.8 Å². The summed E-state index contributed by atoms with van der Waals surface area (Å²) in [5, 5.41) is 18.1. The Morgan fingerprint density at radius 3 is 2.72 bits per heavy atom. The Kier molecular flexibility index (Phi) is 4.73. The van der Waals surface area contributed by atoms with Gasteiger partial charge in [0.25, 0.3) is 0 Å². The van der Waals surface area contributed by atoms with Crippen molar-refractivity contribution in [2.45, 2.75) is 26.7 Å². The number of benzene rings is 1. The molecule has 4 heteroatoms. The number of aromatic carboxylic acids is 1. The second-order valence-corrected chi connectivity index (χ2v) is 4.51. The number of carbonyl (C=O) groups is 1. The fourth-order valence-electron chi connectivity index (χ4n) is 1.72. The van der Waals surface area contributed by atoms with E-state index < -0.39 is 11.4 Å². The highest BCUT2D eigenvalue weighted by Gasteiger charge is 2.24. The molecule has 1 aromatic rings. The van der Waals surface area contributed by atoms with Gasteiger partial charge < -0.3 is 9.84 Å². The Morgan fingerprint density at radius 2 is 2.17 bits per heavy atom. The Morgan fingerprint density at radius 1 is 1.50 bits per heavy atom. The second kappa shape index (κ2) is 6.06. The molecule has 0 bridgehead atoms. The molecule has 1 rings (SSSR count). The molecule has 0 aliphatic carbocycles. The zero-order valence-corrected chi connectivity index (χ0v) is 10.6. The van der Waals surface area contributed by atoms with Crippen LogP contribution in [0.3, 0.4) is 0 Å². The maximum absolute atomic E-state index is 11.0. The topological polar surface area (TPSA) is 70.3 Å². The lowest BCUT2D eigenvalue weighted by Crippen LogP contribution is -2.23. The van der Waals surface area contributed by atoms with Crippen molar-refractivity contribution in [2.75, 3.05) is 6.61 Å². The van der Waals surface area contributed by atoms with Crippen LogP contribution in [0.1, 0.15) is 37.0 Å². The number of carboxylic acids is 1. The van der Waals surface area contributed by atoms with Gasteiger partial charge in [-0.3, -0.25) is 0 Å². The van der Waals surface area contributed by atoms with E-state index in [0.717, 1.165) is 12.8 Å². The summed E-state index contributed by atoms with van der Waals surface area (Å²) in [5.41, 5.74) is -0.463. The second-order valence-electron chi connectivity index (χ2n) is 4.51. The highest BCUT2D eigenvalue weighted by molar-refractivity contribution is 5.90. The van der Waals surface area contributed by atoms with Crippen molar-refractivity contribution in [2.24, 2.45) is 5.41 Å². The minimum atomic E-state index is -1.03. The van der Waals surface area contributed by atoms with Crippen molar-refractivity contribution >= 4 is 5.97 Å². The number of para-hydroxylation sites is 1. The number of nitriles is 1. The molecule has 0 amide bonds. The molecule has 0 saturated carbocycles. The zero-order chi connectivity index (χ0) is 13.6. The van der Waals surface area contributed by atoms with E-state index in [9.17, 15) is 4.79 Å². The molecule has 0 heterocycles. The smallest absolute Gasteiger partial charge is 0.339 e. The summed E-state index contributed by atoms with van der Waals surface area (Å²) >= 11 is 0. The molecule has 0 radical (unpaired) electrons. The summed E-state index contributed by atoms with van der Waals surface area (Å²) < 4.78 is 5.50. The minimum absolute atomic E-state index is 0.120. The van der Waals surface area contributed by atoms with Gasteiger partial charge in [0.2, 0.25) is 0 Å². The highest BCUT2D eigenvalue weighted by atomic mass is 16.5. The van der Waals surface area contributed by atoms with Gasteiger partial charge in [0, 0.05) is 0 Å². The van der Waals surface area contributed by atoms with E-state index in [1.54, 1.807) is 18.2 Å². The Hall–Kier alpha value is -2.02. The Bertz CT molecular complexity index is 464. The molecule has 1 atom stereocenters. The monoisotopic (exact) mass is 247 g/mol. The molecule has 96 valence electrons.